The Bertz CT molecular complexity index is 1370. The third-order valence-electron chi connectivity index (χ3n) is 4.93. The van der Waals surface area contributed by atoms with Crippen LogP contribution in [-0.4, -0.2) is 44.4 Å². The zero-order valence-electron chi connectivity index (χ0n) is 23.0. The second kappa shape index (κ2) is 12.3. The van der Waals surface area contributed by atoms with Gasteiger partial charge in [0.05, 0.1) is 6.04 Å². The van der Waals surface area contributed by atoms with E-state index in [9.17, 15) is 14.4 Å². The predicted octanol–water partition coefficient (Wildman–Crippen LogP) is 5.42. The molecule has 12 heteroatoms. The summed E-state index contributed by atoms with van der Waals surface area (Å²) in [6.07, 6.45) is 2.42. The molecule has 3 rings (SSSR count). The van der Waals surface area contributed by atoms with Gasteiger partial charge in [0.1, 0.15) is 40.2 Å². The van der Waals surface area contributed by atoms with Gasteiger partial charge in [0.25, 0.3) is 5.56 Å². The van der Waals surface area contributed by atoms with Crippen molar-refractivity contribution in [3.05, 3.63) is 62.1 Å². The summed E-state index contributed by atoms with van der Waals surface area (Å²) < 4.78 is 17.7. The van der Waals surface area contributed by atoms with Crippen molar-refractivity contribution in [2.24, 2.45) is 0 Å². The van der Waals surface area contributed by atoms with Crippen molar-refractivity contribution in [3.63, 3.8) is 0 Å². The van der Waals surface area contributed by atoms with Crippen LogP contribution in [0, 0.1) is 6.92 Å². The third-order valence-corrected chi connectivity index (χ3v) is 6.57. The molecule has 0 unspecified atom stereocenters. The van der Waals surface area contributed by atoms with Crippen LogP contribution in [0.1, 0.15) is 58.0 Å². The minimum atomic E-state index is -0.689. The van der Waals surface area contributed by atoms with Crippen LogP contribution in [0.25, 0.3) is 10.6 Å². The van der Waals surface area contributed by atoms with Crippen LogP contribution in [0.2, 0.25) is 0 Å². The van der Waals surface area contributed by atoms with E-state index >= 15 is 0 Å². The monoisotopic (exact) mass is 620 g/mol. The van der Waals surface area contributed by atoms with Crippen molar-refractivity contribution in [2.45, 2.75) is 72.3 Å². The van der Waals surface area contributed by atoms with E-state index in [2.05, 4.69) is 31.2 Å². The number of amides is 1. The van der Waals surface area contributed by atoms with E-state index in [0.717, 1.165) is 25.6 Å². The number of hydrogen-bond donors (Lipinski definition) is 1. The number of ether oxygens (including phenoxy) is 3. The van der Waals surface area contributed by atoms with Gasteiger partial charge in [0.15, 0.2) is 0 Å². The first-order chi connectivity index (χ1) is 18.1. The highest BCUT2D eigenvalue weighted by Gasteiger charge is 2.23. The van der Waals surface area contributed by atoms with Gasteiger partial charge in [-0.2, -0.15) is 0 Å². The van der Waals surface area contributed by atoms with Crippen molar-refractivity contribution < 1.29 is 23.8 Å². The molecule has 0 fully saturated rings. The number of thiazole rings is 1. The third kappa shape index (κ3) is 9.17. The Hall–Kier alpha value is -3.25. The molecular formula is C27H33BrN4O6S. The fraction of sp³-hybridized carbons (Fsp3) is 0.444. The van der Waals surface area contributed by atoms with Crippen LogP contribution in [0.4, 0.5) is 4.79 Å². The maximum absolute atomic E-state index is 12.8. The molecule has 10 nitrogen and oxygen atoms in total. The number of nitrogens with zero attached hydrogens (tertiary/aromatic N) is 3. The number of alkyl carbamates (subject to hydrolysis) is 1. The molecule has 0 bridgehead atoms. The van der Waals surface area contributed by atoms with Crippen molar-refractivity contribution in [3.8, 4) is 16.5 Å². The first-order valence-corrected chi connectivity index (χ1v) is 13.8. The van der Waals surface area contributed by atoms with Gasteiger partial charge in [-0.25, -0.2) is 14.8 Å². The van der Waals surface area contributed by atoms with E-state index in [0.29, 0.717) is 0 Å². The number of aromatic nitrogens is 3. The molecule has 0 saturated carbocycles. The summed E-state index contributed by atoms with van der Waals surface area (Å²) in [5.74, 6) is -0.545. The molecule has 1 aromatic carbocycles. The molecule has 0 spiro atoms. The van der Waals surface area contributed by atoms with Gasteiger partial charge in [-0.3, -0.25) is 14.2 Å². The molecule has 210 valence electrons. The van der Waals surface area contributed by atoms with E-state index in [1.165, 1.54) is 6.33 Å². The van der Waals surface area contributed by atoms with Gasteiger partial charge in [-0.15, -0.1) is 11.3 Å². The lowest BCUT2D eigenvalue weighted by molar-refractivity contribution is -0.155. The molecule has 2 aromatic heterocycles. The van der Waals surface area contributed by atoms with Crippen LogP contribution in [-0.2, 0) is 20.8 Å². The SMILES string of the molecule is Cc1cnc(-c2ccc([C@H](COc3ncn(CC(=O)OC(C)(C)C)c(=O)c3Br)NC(=O)OC(C)(C)C)cc2)s1. The Morgan fingerprint density at radius 1 is 1.05 bits per heavy atom. The minimum absolute atomic E-state index is 0.0197. The molecule has 0 saturated heterocycles. The normalized spacial score (nSPS) is 12.5. The maximum Gasteiger partial charge on any atom is 0.408 e. The van der Waals surface area contributed by atoms with Gasteiger partial charge >= 0.3 is 12.1 Å². The number of carbonyl (C=O) groups excluding carboxylic acids is 2. The number of esters is 1. The smallest absolute Gasteiger partial charge is 0.408 e. The molecule has 39 heavy (non-hydrogen) atoms. The number of rotatable bonds is 8. The molecule has 1 amide bonds. The predicted molar refractivity (Wildman–Crippen MR) is 152 cm³/mol. The first kappa shape index (κ1) is 30.3. The minimum Gasteiger partial charge on any atom is -0.474 e. The van der Waals surface area contributed by atoms with E-state index in [4.69, 9.17) is 14.2 Å². The van der Waals surface area contributed by atoms with Gasteiger partial charge in [-0.05, 0) is 70.0 Å². The summed E-state index contributed by atoms with van der Waals surface area (Å²) in [6.45, 7) is 12.2. The van der Waals surface area contributed by atoms with E-state index in [1.807, 2.05) is 37.4 Å². The van der Waals surface area contributed by atoms with Crippen LogP contribution in [0.5, 0.6) is 5.88 Å². The average molecular weight is 622 g/mol. The summed E-state index contributed by atoms with van der Waals surface area (Å²) in [5.41, 5.74) is -0.169. The number of halogens is 1. The van der Waals surface area contributed by atoms with Crippen molar-refractivity contribution in [1.82, 2.24) is 19.9 Å². The molecule has 0 aliphatic heterocycles. The second-order valence-electron chi connectivity index (χ2n) is 10.8. The summed E-state index contributed by atoms with van der Waals surface area (Å²) in [7, 11) is 0. The fourth-order valence-electron chi connectivity index (χ4n) is 3.35. The van der Waals surface area contributed by atoms with Gasteiger partial charge in [-0.1, -0.05) is 24.3 Å². The largest absolute Gasteiger partial charge is 0.474 e. The zero-order valence-corrected chi connectivity index (χ0v) is 25.4. The van der Waals surface area contributed by atoms with Crippen LogP contribution >= 0.6 is 27.3 Å². The Labute approximate surface area is 239 Å². The molecule has 1 N–H and O–H groups in total. The van der Waals surface area contributed by atoms with Gasteiger partial charge in [0.2, 0.25) is 5.88 Å². The zero-order chi connectivity index (χ0) is 29.0. The highest BCUT2D eigenvalue weighted by molar-refractivity contribution is 9.10. The van der Waals surface area contributed by atoms with Crippen LogP contribution < -0.4 is 15.6 Å². The number of hydrogen-bond acceptors (Lipinski definition) is 9. The number of benzene rings is 1. The number of aryl methyl sites for hydroxylation is 1. The highest BCUT2D eigenvalue weighted by atomic mass is 79.9. The second-order valence-corrected chi connectivity index (χ2v) is 12.8. The fourth-order valence-corrected chi connectivity index (χ4v) is 4.57. The Balaban J connectivity index is 1.79. The molecule has 3 aromatic rings. The van der Waals surface area contributed by atoms with E-state index in [1.54, 1.807) is 52.9 Å². The number of carbonyl (C=O) groups is 2. The summed E-state index contributed by atoms with van der Waals surface area (Å²) in [4.78, 5) is 47.3. The topological polar surface area (TPSA) is 122 Å². The molecule has 0 radical (unpaired) electrons. The van der Waals surface area contributed by atoms with E-state index in [-0.39, 0.29) is 23.5 Å². The van der Waals surface area contributed by atoms with Crippen molar-refractivity contribution in [2.75, 3.05) is 6.61 Å². The summed E-state index contributed by atoms with van der Waals surface area (Å²) in [6, 6.07) is 6.97. The average Bonchev–Trinajstić information content (AvgIpc) is 3.24. The standard InChI is InChI=1S/C27H33BrN4O6S/c1-16-12-29-23(39-16)18-10-8-17(9-11-18)19(31-25(35)38-27(5,6)7)14-36-22-21(28)24(34)32(15-30-22)13-20(33)37-26(2,3)4/h8-12,15,19H,13-14H2,1-7H3,(H,31,35)/t19-/m0/s1. The summed E-state index contributed by atoms with van der Waals surface area (Å²) >= 11 is 4.82. The lowest BCUT2D eigenvalue weighted by Crippen LogP contribution is -2.37. The Morgan fingerprint density at radius 3 is 2.26 bits per heavy atom. The van der Waals surface area contributed by atoms with E-state index < -0.39 is 34.9 Å². The highest BCUT2D eigenvalue weighted by Crippen LogP contribution is 2.27. The van der Waals surface area contributed by atoms with Gasteiger partial charge in [0, 0.05) is 16.6 Å². The molecule has 0 aliphatic carbocycles. The molecule has 1 atom stereocenters. The molecule has 2 heterocycles. The Kier molecular flexibility index (Phi) is 9.55. The lowest BCUT2D eigenvalue weighted by atomic mass is 10.1. The van der Waals surface area contributed by atoms with Gasteiger partial charge < -0.3 is 19.5 Å². The van der Waals surface area contributed by atoms with Crippen LogP contribution in [0.3, 0.4) is 0 Å². The maximum atomic E-state index is 12.8. The quantitative estimate of drug-likeness (QED) is 0.331. The first-order valence-electron chi connectivity index (χ1n) is 12.2. The number of nitrogens with one attached hydrogen (secondary N) is 1. The Morgan fingerprint density at radius 2 is 1.69 bits per heavy atom. The molecular weight excluding hydrogens is 588 g/mol. The molecule has 0 aliphatic rings. The summed E-state index contributed by atoms with van der Waals surface area (Å²) in [5, 5.41) is 3.73. The van der Waals surface area contributed by atoms with Crippen LogP contribution in [0.15, 0.2) is 46.1 Å². The lowest BCUT2D eigenvalue weighted by Gasteiger charge is -2.24. The van der Waals surface area contributed by atoms with Crippen molar-refractivity contribution >= 4 is 39.3 Å². The van der Waals surface area contributed by atoms with Crippen molar-refractivity contribution in [1.29, 1.82) is 0 Å².